The van der Waals surface area contributed by atoms with Crippen LogP contribution in [0, 0.1) is 11.7 Å². The van der Waals surface area contributed by atoms with E-state index in [0.29, 0.717) is 23.4 Å². The molecule has 0 bridgehead atoms. The van der Waals surface area contributed by atoms with Crippen LogP contribution in [0.2, 0.25) is 0 Å². The number of hydrogen-bond donors (Lipinski definition) is 2. The van der Waals surface area contributed by atoms with Gasteiger partial charge in [0, 0.05) is 11.3 Å². The first-order chi connectivity index (χ1) is 11.0. The van der Waals surface area contributed by atoms with Crippen LogP contribution in [-0.2, 0) is 17.8 Å². The highest BCUT2D eigenvalue weighted by molar-refractivity contribution is 7.09. The van der Waals surface area contributed by atoms with E-state index in [-0.39, 0.29) is 29.9 Å². The standard InChI is InChI=1S/C16H17FN2O3S/c1-10(6-7-11-4-2-3-5-12(11)17)15(20)18-8-14-19-13(9-23-14)16(21)22/h2-5,9-10H,6-8H2,1H3,(H,18,20)(H,21,22). The molecular weight excluding hydrogens is 319 g/mol. The molecule has 1 unspecified atom stereocenters. The largest absolute Gasteiger partial charge is 0.476 e. The van der Waals surface area contributed by atoms with E-state index in [9.17, 15) is 14.0 Å². The van der Waals surface area contributed by atoms with Crippen molar-refractivity contribution in [3.05, 3.63) is 51.7 Å². The number of carbonyl (C=O) groups is 2. The van der Waals surface area contributed by atoms with Crippen LogP contribution in [0.4, 0.5) is 4.39 Å². The van der Waals surface area contributed by atoms with Gasteiger partial charge >= 0.3 is 5.97 Å². The summed E-state index contributed by atoms with van der Waals surface area (Å²) in [6, 6.07) is 6.52. The highest BCUT2D eigenvalue weighted by Gasteiger charge is 2.15. The molecule has 2 N–H and O–H groups in total. The maximum atomic E-state index is 13.5. The minimum absolute atomic E-state index is 0.0214. The highest BCUT2D eigenvalue weighted by atomic mass is 32.1. The number of thiazole rings is 1. The van der Waals surface area contributed by atoms with Gasteiger partial charge in [-0.3, -0.25) is 4.79 Å². The molecule has 1 atom stereocenters. The van der Waals surface area contributed by atoms with Crippen LogP contribution in [0.5, 0.6) is 0 Å². The third kappa shape index (κ3) is 4.85. The molecule has 0 radical (unpaired) electrons. The van der Waals surface area contributed by atoms with Crippen LogP contribution in [0.1, 0.15) is 34.4 Å². The van der Waals surface area contributed by atoms with Gasteiger partial charge in [-0.25, -0.2) is 14.2 Å². The Labute approximate surface area is 137 Å². The third-order valence-corrected chi connectivity index (χ3v) is 4.29. The molecule has 7 heteroatoms. The third-order valence-electron chi connectivity index (χ3n) is 3.44. The van der Waals surface area contributed by atoms with Crippen LogP contribution in [0.25, 0.3) is 0 Å². The number of benzene rings is 1. The van der Waals surface area contributed by atoms with Gasteiger partial charge in [0.2, 0.25) is 5.91 Å². The Morgan fingerprint density at radius 1 is 1.39 bits per heavy atom. The molecule has 1 heterocycles. The van der Waals surface area contributed by atoms with Gasteiger partial charge in [0.1, 0.15) is 10.8 Å². The minimum Gasteiger partial charge on any atom is -0.476 e. The molecule has 0 aliphatic rings. The molecule has 1 aromatic heterocycles. The molecule has 1 amide bonds. The lowest BCUT2D eigenvalue weighted by Crippen LogP contribution is -2.29. The smallest absolute Gasteiger partial charge is 0.355 e. The number of halogens is 1. The number of hydrogen-bond acceptors (Lipinski definition) is 4. The summed E-state index contributed by atoms with van der Waals surface area (Å²) < 4.78 is 13.5. The Bertz CT molecular complexity index is 702. The molecular formula is C16H17FN2O3S. The van der Waals surface area contributed by atoms with Gasteiger partial charge < -0.3 is 10.4 Å². The van der Waals surface area contributed by atoms with Crippen molar-refractivity contribution in [3.8, 4) is 0 Å². The van der Waals surface area contributed by atoms with Crippen LogP contribution in [-0.4, -0.2) is 22.0 Å². The van der Waals surface area contributed by atoms with Crippen molar-refractivity contribution in [1.29, 1.82) is 0 Å². The zero-order valence-electron chi connectivity index (χ0n) is 12.6. The van der Waals surface area contributed by atoms with Crippen LogP contribution in [0.3, 0.4) is 0 Å². The fourth-order valence-electron chi connectivity index (χ4n) is 2.03. The van der Waals surface area contributed by atoms with Crippen molar-refractivity contribution in [3.63, 3.8) is 0 Å². The molecule has 122 valence electrons. The van der Waals surface area contributed by atoms with Crippen molar-refractivity contribution in [2.45, 2.75) is 26.3 Å². The summed E-state index contributed by atoms with van der Waals surface area (Å²) in [5, 5.41) is 13.5. The quantitative estimate of drug-likeness (QED) is 0.815. The molecule has 0 saturated heterocycles. The van der Waals surface area contributed by atoms with Crippen molar-refractivity contribution in [2.75, 3.05) is 0 Å². The zero-order chi connectivity index (χ0) is 16.8. The van der Waals surface area contributed by atoms with Crippen molar-refractivity contribution in [2.24, 2.45) is 5.92 Å². The molecule has 0 aliphatic heterocycles. The lowest BCUT2D eigenvalue weighted by Gasteiger charge is -2.11. The number of aryl methyl sites for hydroxylation is 1. The summed E-state index contributed by atoms with van der Waals surface area (Å²) in [5.41, 5.74) is 0.574. The number of carboxylic acid groups (broad SMARTS) is 1. The average Bonchev–Trinajstić information content (AvgIpc) is 3.00. The molecule has 1 aromatic carbocycles. The summed E-state index contributed by atoms with van der Waals surface area (Å²) in [4.78, 5) is 26.7. The van der Waals surface area contributed by atoms with Crippen molar-refractivity contribution < 1.29 is 19.1 Å². The van der Waals surface area contributed by atoms with E-state index < -0.39 is 5.97 Å². The zero-order valence-corrected chi connectivity index (χ0v) is 13.4. The Balaban J connectivity index is 1.80. The molecule has 5 nitrogen and oxygen atoms in total. The number of carboxylic acids is 1. The number of amides is 1. The number of nitrogens with zero attached hydrogens (tertiary/aromatic N) is 1. The van der Waals surface area contributed by atoms with Gasteiger partial charge in [-0.2, -0.15) is 0 Å². The van der Waals surface area contributed by atoms with Gasteiger partial charge in [-0.05, 0) is 24.5 Å². The van der Waals surface area contributed by atoms with Gasteiger partial charge in [0.05, 0.1) is 6.54 Å². The molecule has 0 aliphatic carbocycles. The van der Waals surface area contributed by atoms with Gasteiger partial charge in [-0.15, -0.1) is 11.3 Å². The molecule has 2 rings (SSSR count). The summed E-state index contributed by atoms with van der Waals surface area (Å²) in [7, 11) is 0. The van der Waals surface area contributed by atoms with Gasteiger partial charge in [0.25, 0.3) is 0 Å². The van der Waals surface area contributed by atoms with Crippen molar-refractivity contribution in [1.82, 2.24) is 10.3 Å². The molecule has 0 spiro atoms. The lowest BCUT2D eigenvalue weighted by atomic mass is 10.00. The number of aromatic carboxylic acids is 1. The van der Waals surface area contributed by atoms with E-state index in [0.717, 1.165) is 0 Å². The van der Waals surface area contributed by atoms with E-state index in [1.54, 1.807) is 25.1 Å². The number of nitrogens with one attached hydrogen (secondary N) is 1. The fraction of sp³-hybridized carbons (Fsp3) is 0.312. The summed E-state index contributed by atoms with van der Waals surface area (Å²) >= 11 is 1.19. The minimum atomic E-state index is -1.09. The second kappa shape index (κ2) is 7.82. The van der Waals surface area contributed by atoms with E-state index in [2.05, 4.69) is 10.3 Å². The number of rotatable bonds is 7. The monoisotopic (exact) mass is 336 g/mol. The molecule has 2 aromatic rings. The Morgan fingerprint density at radius 3 is 2.78 bits per heavy atom. The molecule has 0 fully saturated rings. The van der Waals surface area contributed by atoms with Gasteiger partial charge in [-0.1, -0.05) is 25.1 Å². The first kappa shape index (κ1) is 17.1. The maximum absolute atomic E-state index is 13.5. The van der Waals surface area contributed by atoms with Crippen molar-refractivity contribution >= 4 is 23.2 Å². The van der Waals surface area contributed by atoms with Gasteiger partial charge in [0.15, 0.2) is 5.69 Å². The highest BCUT2D eigenvalue weighted by Crippen LogP contribution is 2.14. The maximum Gasteiger partial charge on any atom is 0.355 e. The Hall–Kier alpha value is -2.28. The molecule has 23 heavy (non-hydrogen) atoms. The van der Waals surface area contributed by atoms with Crippen LogP contribution in [0.15, 0.2) is 29.6 Å². The predicted molar refractivity (Wildman–Crippen MR) is 84.8 cm³/mol. The molecule has 0 saturated carbocycles. The summed E-state index contributed by atoms with van der Waals surface area (Å²) in [6.07, 6.45) is 1.02. The fourth-order valence-corrected chi connectivity index (χ4v) is 2.74. The second-order valence-electron chi connectivity index (χ2n) is 5.18. The van der Waals surface area contributed by atoms with E-state index in [1.165, 1.54) is 22.8 Å². The van der Waals surface area contributed by atoms with E-state index >= 15 is 0 Å². The second-order valence-corrected chi connectivity index (χ2v) is 6.12. The Morgan fingerprint density at radius 2 is 2.13 bits per heavy atom. The Kier molecular flexibility index (Phi) is 5.81. The van der Waals surface area contributed by atoms with Crippen LogP contribution >= 0.6 is 11.3 Å². The first-order valence-electron chi connectivity index (χ1n) is 7.16. The lowest BCUT2D eigenvalue weighted by molar-refractivity contribution is -0.124. The topological polar surface area (TPSA) is 79.3 Å². The average molecular weight is 336 g/mol. The number of aromatic nitrogens is 1. The first-order valence-corrected chi connectivity index (χ1v) is 8.04. The predicted octanol–water partition coefficient (Wildman–Crippen LogP) is 2.87. The normalized spacial score (nSPS) is 11.9. The summed E-state index contributed by atoms with van der Waals surface area (Å²) in [6.45, 7) is 1.97. The summed E-state index contributed by atoms with van der Waals surface area (Å²) in [5.74, 6) is -1.77. The van der Waals surface area contributed by atoms with Crippen LogP contribution < -0.4 is 5.32 Å². The van der Waals surface area contributed by atoms with E-state index in [1.807, 2.05) is 0 Å². The number of carbonyl (C=O) groups excluding carboxylic acids is 1. The van der Waals surface area contributed by atoms with E-state index in [4.69, 9.17) is 5.11 Å². The SMILES string of the molecule is CC(CCc1ccccc1F)C(=O)NCc1nc(C(=O)O)cs1.